The molecule has 1 atom stereocenters. The van der Waals surface area contributed by atoms with Gasteiger partial charge in [-0.3, -0.25) is 0 Å². The molecule has 1 aromatic carbocycles. The molecule has 22 heavy (non-hydrogen) atoms. The number of allylic oxidation sites excluding steroid dienone is 7. The summed E-state index contributed by atoms with van der Waals surface area (Å²) in [5, 5.41) is 0. The molecule has 0 fully saturated rings. The summed E-state index contributed by atoms with van der Waals surface area (Å²) in [6.45, 7) is 6.16. The Bertz CT molecular complexity index is 631. The second-order valence-electron chi connectivity index (χ2n) is 5.90. The summed E-state index contributed by atoms with van der Waals surface area (Å²) in [5.74, 6) is 0.384. The van der Waals surface area contributed by atoms with E-state index in [9.17, 15) is 0 Å². The molecule has 0 heterocycles. The summed E-state index contributed by atoms with van der Waals surface area (Å²) >= 11 is 0. The van der Waals surface area contributed by atoms with E-state index in [1.165, 1.54) is 47.1 Å². The van der Waals surface area contributed by atoms with Crippen molar-refractivity contribution in [2.75, 3.05) is 0 Å². The number of rotatable bonds is 6. The summed E-state index contributed by atoms with van der Waals surface area (Å²) in [6, 6.07) is 8.78. The van der Waals surface area contributed by atoms with Crippen LogP contribution in [0.3, 0.4) is 0 Å². The largest absolute Gasteiger partial charge is 0.193 e. The van der Waals surface area contributed by atoms with Crippen LogP contribution in [0.25, 0.3) is 5.57 Å². The van der Waals surface area contributed by atoms with Gasteiger partial charge in [0.25, 0.3) is 0 Å². The van der Waals surface area contributed by atoms with E-state index >= 15 is 0 Å². The fourth-order valence-electron chi connectivity index (χ4n) is 3.38. The molecule has 2 aliphatic carbocycles. The predicted molar refractivity (Wildman–Crippen MR) is 91.0 cm³/mol. The van der Waals surface area contributed by atoms with Crippen molar-refractivity contribution in [2.45, 2.75) is 44.9 Å². The van der Waals surface area contributed by atoms with Gasteiger partial charge in [-0.2, -0.15) is 11.6 Å². The molecule has 0 aliphatic heterocycles. The van der Waals surface area contributed by atoms with Crippen LogP contribution in [-0.2, 0) is 26.2 Å². The zero-order chi connectivity index (χ0) is 14.7. The van der Waals surface area contributed by atoms with Gasteiger partial charge in [0.1, 0.15) is 0 Å². The Morgan fingerprint density at radius 3 is 2.91 bits per heavy atom. The SMILES string of the molecule is C=CCC1[C-]=C(C2=C(CCCC)C=CC2)c2ccccc21.[Zr]. The number of unbranched alkanes of at least 4 members (excludes halogenated alkanes) is 1. The standard InChI is InChI=1S/C21H23.Zr/c1-3-5-10-16-11-8-14-18(16)21-15-17(9-4-2)19-12-6-7-13-20(19)21;/h4,6-8,11-13,17H,2-3,5,9-10,14H2,1H3;/q-1;. The fraction of sp³-hybridized carbons (Fsp3) is 0.333. The van der Waals surface area contributed by atoms with Crippen LogP contribution < -0.4 is 0 Å². The molecule has 0 saturated heterocycles. The van der Waals surface area contributed by atoms with Crippen molar-refractivity contribution in [1.29, 1.82) is 0 Å². The molecule has 2 aliphatic rings. The van der Waals surface area contributed by atoms with Gasteiger partial charge in [-0.15, -0.1) is 29.3 Å². The first-order valence-corrected chi connectivity index (χ1v) is 8.07. The van der Waals surface area contributed by atoms with Crippen LogP contribution in [0.2, 0.25) is 0 Å². The Morgan fingerprint density at radius 2 is 2.14 bits per heavy atom. The molecule has 0 radical (unpaired) electrons. The van der Waals surface area contributed by atoms with E-state index < -0.39 is 0 Å². The monoisotopic (exact) mass is 365 g/mol. The Kier molecular flexibility index (Phi) is 6.39. The second-order valence-corrected chi connectivity index (χ2v) is 5.90. The molecule has 1 unspecified atom stereocenters. The third-order valence-corrected chi connectivity index (χ3v) is 4.46. The summed E-state index contributed by atoms with van der Waals surface area (Å²) in [7, 11) is 0. The van der Waals surface area contributed by atoms with Crippen LogP contribution >= 0.6 is 0 Å². The van der Waals surface area contributed by atoms with Crippen LogP contribution in [0.4, 0.5) is 0 Å². The van der Waals surface area contributed by atoms with Crippen LogP contribution in [-0.4, -0.2) is 0 Å². The Labute approximate surface area is 153 Å². The van der Waals surface area contributed by atoms with Gasteiger partial charge in [0, 0.05) is 26.2 Å². The van der Waals surface area contributed by atoms with Crippen LogP contribution in [0.5, 0.6) is 0 Å². The third kappa shape index (κ3) is 3.35. The van der Waals surface area contributed by atoms with E-state index in [1.54, 1.807) is 0 Å². The van der Waals surface area contributed by atoms with Crippen molar-refractivity contribution in [3.8, 4) is 0 Å². The summed E-state index contributed by atoms with van der Waals surface area (Å²) in [6.07, 6.45) is 16.2. The predicted octanol–water partition coefficient (Wildman–Crippen LogP) is 5.99. The van der Waals surface area contributed by atoms with Crippen molar-refractivity contribution in [3.05, 3.63) is 77.4 Å². The van der Waals surface area contributed by atoms with E-state index in [2.05, 4.69) is 56.0 Å². The molecule has 0 aromatic heterocycles. The summed E-state index contributed by atoms with van der Waals surface area (Å²) in [5.41, 5.74) is 7.18. The molecule has 112 valence electrons. The molecule has 0 saturated carbocycles. The smallest absolute Gasteiger partial charge is 0 e. The van der Waals surface area contributed by atoms with Crippen molar-refractivity contribution in [1.82, 2.24) is 0 Å². The van der Waals surface area contributed by atoms with Gasteiger partial charge >= 0.3 is 0 Å². The maximum absolute atomic E-state index is 3.90. The quantitative estimate of drug-likeness (QED) is 0.428. The van der Waals surface area contributed by atoms with Gasteiger partial charge in [0.2, 0.25) is 0 Å². The van der Waals surface area contributed by atoms with Crippen molar-refractivity contribution in [2.24, 2.45) is 0 Å². The molecule has 0 spiro atoms. The van der Waals surface area contributed by atoms with Gasteiger partial charge in [0.05, 0.1) is 0 Å². The zero-order valence-corrected chi connectivity index (χ0v) is 15.8. The van der Waals surface area contributed by atoms with E-state index in [0.717, 1.165) is 12.8 Å². The van der Waals surface area contributed by atoms with E-state index in [-0.39, 0.29) is 26.2 Å². The number of benzene rings is 1. The van der Waals surface area contributed by atoms with E-state index in [4.69, 9.17) is 0 Å². The van der Waals surface area contributed by atoms with Gasteiger partial charge in [-0.05, 0) is 12.8 Å². The fourth-order valence-corrected chi connectivity index (χ4v) is 3.38. The van der Waals surface area contributed by atoms with Gasteiger partial charge in [-0.1, -0.05) is 74.1 Å². The molecule has 1 heteroatoms. The first-order valence-electron chi connectivity index (χ1n) is 8.07. The number of fused-ring (bicyclic) bond motifs is 1. The second kappa shape index (κ2) is 8.07. The summed E-state index contributed by atoms with van der Waals surface area (Å²) in [4.78, 5) is 0. The minimum Gasteiger partial charge on any atom is -0.193 e. The van der Waals surface area contributed by atoms with Crippen LogP contribution in [0.1, 0.15) is 56.1 Å². The van der Waals surface area contributed by atoms with Crippen molar-refractivity contribution < 1.29 is 26.2 Å². The normalized spacial score (nSPS) is 19.0. The molecule has 0 amide bonds. The summed E-state index contributed by atoms with van der Waals surface area (Å²) < 4.78 is 0. The first kappa shape index (κ1) is 17.4. The molecule has 0 N–H and O–H groups in total. The van der Waals surface area contributed by atoms with Crippen molar-refractivity contribution in [3.63, 3.8) is 0 Å². The molecule has 3 rings (SSSR count). The van der Waals surface area contributed by atoms with Gasteiger partial charge < -0.3 is 0 Å². The number of hydrogen-bond donors (Lipinski definition) is 0. The molecule has 0 nitrogen and oxygen atoms in total. The van der Waals surface area contributed by atoms with Crippen LogP contribution in [0.15, 0.2) is 60.2 Å². The molecular weight excluding hydrogens is 343 g/mol. The minimum absolute atomic E-state index is 0. The third-order valence-electron chi connectivity index (χ3n) is 4.46. The Morgan fingerprint density at radius 1 is 1.32 bits per heavy atom. The Hall–Kier alpha value is -0.937. The average Bonchev–Trinajstić information content (AvgIpc) is 3.10. The minimum atomic E-state index is 0. The molecule has 0 bridgehead atoms. The average molecular weight is 367 g/mol. The van der Waals surface area contributed by atoms with E-state index in [1.807, 2.05) is 6.08 Å². The molecule has 1 aromatic rings. The number of hydrogen-bond acceptors (Lipinski definition) is 0. The topological polar surface area (TPSA) is 0 Å². The maximum atomic E-state index is 3.90. The van der Waals surface area contributed by atoms with Gasteiger partial charge in [0.15, 0.2) is 0 Å². The van der Waals surface area contributed by atoms with Gasteiger partial charge in [-0.25, -0.2) is 0 Å². The van der Waals surface area contributed by atoms with E-state index in [0.29, 0.717) is 5.92 Å². The Balaban J connectivity index is 0.00000176. The van der Waals surface area contributed by atoms with Crippen molar-refractivity contribution >= 4 is 5.57 Å². The van der Waals surface area contributed by atoms with Crippen LogP contribution in [0, 0.1) is 6.08 Å². The first-order chi connectivity index (χ1) is 10.3. The zero-order valence-electron chi connectivity index (χ0n) is 13.4. The molecular formula is C21H23Zr-. The maximum Gasteiger partial charge on any atom is 0 e.